The second kappa shape index (κ2) is 33.7. The Labute approximate surface area is 516 Å². The van der Waals surface area contributed by atoms with E-state index < -0.39 is 298 Å². The quantitative estimate of drug-likeness (QED) is 0.0340. The van der Waals surface area contributed by atoms with Crippen LogP contribution in [-0.4, -0.2) is 382 Å². The highest BCUT2D eigenvalue weighted by Crippen LogP contribution is 2.39. The van der Waals surface area contributed by atoms with Gasteiger partial charge in [0.1, 0.15) is 140 Å². The van der Waals surface area contributed by atoms with Gasteiger partial charge in [0.05, 0.1) is 90.0 Å². The standard InChI is InChI=1S/C54H96O36/c1-16-21(6)78-27(11-59)43(32(16)65)86-49-18(3)33(66)44(28(12-60)83-49)87-51(20(5)62)85-30(22(63)14-76-53-46(40(73)37(70)25(9-57)81-53)89-48-17(2)31(64)35(68)23(7-55)79-48)15-77-54-47(41(74)38(71)26(10-58)82-54)90-50-19(4)34(67)45(29(13-61)84-50)88-52-42(75)39(72)36(69)24(8-56)80-52/h16-75H,7-15H2,1-6H3/t16-,17+,18+,19?,20-,21+,22+,23?,24?,25-,26?,27?,28?,29+,30?,31?,32?,33?,34?,35-,36+,37-,38-,39+,40?,41?,42?,43-,44-,45-,46?,47-,48+,49+,50+,51+,52?,53+,54+/m1/s1. The maximum absolute atomic E-state index is 12.2. The zero-order valence-electron chi connectivity index (χ0n) is 50.4. The topological polar surface area (TPSA) is 563 Å². The lowest BCUT2D eigenvalue weighted by Crippen LogP contribution is -2.65. The van der Waals surface area contributed by atoms with Crippen molar-refractivity contribution in [2.24, 2.45) is 23.7 Å². The second-order valence-electron chi connectivity index (χ2n) is 24.3. The van der Waals surface area contributed by atoms with Gasteiger partial charge in [-0.25, -0.2) is 0 Å². The highest BCUT2D eigenvalue weighted by Gasteiger charge is 2.56. The number of aliphatic hydroxyl groups is 21. The van der Waals surface area contributed by atoms with Crippen molar-refractivity contribution in [3.05, 3.63) is 0 Å². The van der Waals surface area contributed by atoms with E-state index in [1.165, 1.54) is 20.8 Å². The first kappa shape index (κ1) is 75.9. The Hall–Kier alpha value is -1.44. The van der Waals surface area contributed by atoms with Crippen LogP contribution in [0.15, 0.2) is 0 Å². The van der Waals surface area contributed by atoms with Crippen LogP contribution >= 0.6 is 0 Å². The predicted molar refractivity (Wildman–Crippen MR) is 287 cm³/mol. The summed E-state index contributed by atoms with van der Waals surface area (Å²) in [6.07, 6.45) is -57.7. The lowest BCUT2D eigenvalue weighted by atomic mass is 9.88. The van der Waals surface area contributed by atoms with Gasteiger partial charge >= 0.3 is 0 Å². The fraction of sp³-hybridized carbons (Fsp3) is 1.00. The molecule has 0 aromatic heterocycles. The highest BCUT2D eigenvalue weighted by molar-refractivity contribution is 4.98. The normalized spacial score (nSPS) is 49.4. The van der Waals surface area contributed by atoms with Crippen molar-refractivity contribution in [3.63, 3.8) is 0 Å². The maximum atomic E-state index is 12.2. The number of hydrogen-bond acceptors (Lipinski definition) is 36. The summed E-state index contributed by atoms with van der Waals surface area (Å²) in [4.78, 5) is 0. The molecule has 0 bridgehead atoms. The monoisotopic (exact) mass is 1320 g/mol. The molecule has 528 valence electrons. The van der Waals surface area contributed by atoms with E-state index in [0.717, 1.165) is 6.92 Å². The lowest BCUT2D eigenvalue weighted by Gasteiger charge is -2.48. The summed E-state index contributed by atoms with van der Waals surface area (Å²) in [6.45, 7) is 0.966. The van der Waals surface area contributed by atoms with Gasteiger partial charge in [-0.05, 0) is 13.8 Å². The molecule has 7 aliphatic rings. The average Bonchev–Trinajstić information content (AvgIpc) is 0.941. The maximum Gasteiger partial charge on any atom is 0.187 e. The zero-order chi connectivity index (χ0) is 66.5. The number of rotatable bonds is 27. The molecule has 0 radical (unpaired) electrons. The summed E-state index contributed by atoms with van der Waals surface area (Å²) >= 11 is 0. The molecule has 39 atom stereocenters. The van der Waals surface area contributed by atoms with E-state index in [0.29, 0.717) is 0 Å². The molecule has 90 heavy (non-hydrogen) atoms. The number of ether oxygens (including phenoxy) is 15. The molecule has 0 aromatic carbocycles. The Morgan fingerprint density at radius 2 is 0.656 bits per heavy atom. The zero-order valence-corrected chi connectivity index (χ0v) is 50.4. The first-order valence-electron chi connectivity index (χ1n) is 30.1. The number of hydrogen-bond donors (Lipinski definition) is 21. The summed E-state index contributed by atoms with van der Waals surface area (Å²) in [5.74, 6) is -3.86. The van der Waals surface area contributed by atoms with Crippen LogP contribution in [0.2, 0.25) is 0 Å². The van der Waals surface area contributed by atoms with E-state index in [4.69, 9.17) is 71.1 Å². The molecular weight excluding hydrogens is 1220 g/mol. The summed E-state index contributed by atoms with van der Waals surface area (Å²) in [5, 5.41) is 227. The van der Waals surface area contributed by atoms with Crippen LogP contribution in [0.1, 0.15) is 41.5 Å². The van der Waals surface area contributed by atoms with Crippen LogP contribution in [0.5, 0.6) is 0 Å². The molecule has 0 aliphatic carbocycles. The molecule has 0 spiro atoms. The van der Waals surface area contributed by atoms with E-state index >= 15 is 0 Å². The van der Waals surface area contributed by atoms with Gasteiger partial charge in [0.15, 0.2) is 44.0 Å². The van der Waals surface area contributed by atoms with Gasteiger partial charge in [0.25, 0.3) is 0 Å². The van der Waals surface area contributed by atoms with Gasteiger partial charge in [0, 0.05) is 23.7 Å². The van der Waals surface area contributed by atoms with Crippen molar-refractivity contribution < 1.29 is 178 Å². The van der Waals surface area contributed by atoms with E-state index in [9.17, 15) is 107 Å². The van der Waals surface area contributed by atoms with Gasteiger partial charge in [-0.1, -0.05) is 27.7 Å². The molecule has 0 saturated carbocycles. The van der Waals surface area contributed by atoms with Crippen molar-refractivity contribution >= 4 is 0 Å². The molecule has 7 saturated heterocycles. The Balaban J connectivity index is 1.15. The van der Waals surface area contributed by atoms with Gasteiger partial charge in [0.2, 0.25) is 0 Å². The summed E-state index contributed by atoms with van der Waals surface area (Å²) in [6, 6.07) is 0. The van der Waals surface area contributed by atoms with Crippen molar-refractivity contribution in [2.75, 3.05) is 59.5 Å². The van der Waals surface area contributed by atoms with Gasteiger partial charge in [-0.15, -0.1) is 0 Å². The van der Waals surface area contributed by atoms with Crippen molar-refractivity contribution in [2.45, 2.75) is 256 Å². The predicted octanol–water partition coefficient (Wildman–Crippen LogP) is -11.6. The van der Waals surface area contributed by atoms with Crippen molar-refractivity contribution in [1.29, 1.82) is 0 Å². The Morgan fingerprint density at radius 1 is 0.322 bits per heavy atom. The summed E-state index contributed by atoms with van der Waals surface area (Å²) in [7, 11) is 0. The minimum absolute atomic E-state index is 0.479. The van der Waals surface area contributed by atoms with Crippen LogP contribution in [0.4, 0.5) is 0 Å². The van der Waals surface area contributed by atoms with Crippen LogP contribution in [0.25, 0.3) is 0 Å². The lowest BCUT2D eigenvalue weighted by molar-refractivity contribution is -0.381. The molecule has 7 heterocycles. The smallest absolute Gasteiger partial charge is 0.187 e. The minimum Gasteiger partial charge on any atom is -0.394 e. The molecule has 16 unspecified atom stereocenters. The molecule has 0 aromatic rings. The Bertz CT molecular complexity index is 2090. The van der Waals surface area contributed by atoms with E-state index in [2.05, 4.69) is 0 Å². The minimum atomic E-state index is -2.07. The SMILES string of the molecule is CC1C(O)[C@H](OC2OC(CO)[C@H](O)[C@H](O)C2O)[C@H](CO)O[C@H]1O[C@@H]1C(O)[C@H](O)C(CO)O[C@@H]1OCC(O[C@@H](O[C@@H]1C(CO)O[C@@H](O[C@@H]2C(CO)O[C@@H](C)[C@@H](C)C2O)[C@@H](C)C1O)[C@@H](C)O)[C@@H](O)CO[C@H]1O[C@H](CO)[C@@H](O)C(O)C1O[C@@H]1OC(CO)[C@@H](O)C(O)[C@@H]1C. The fourth-order valence-corrected chi connectivity index (χ4v) is 11.8. The van der Waals surface area contributed by atoms with E-state index in [-0.39, 0.29) is 0 Å². The van der Waals surface area contributed by atoms with E-state index in [1.807, 2.05) is 0 Å². The molecule has 36 nitrogen and oxygen atoms in total. The van der Waals surface area contributed by atoms with Crippen LogP contribution in [0, 0.1) is 23.7 Å². The first-order chi connectivity index (χ1) is 42.6. The first-order valence-corrected chi connectivity index (χ1v) is 30.1. The Kier molecular flexibility index (Phi) is 28.4. The van der Waals surface area contributed by atoms with Crippen molar-refractivity contribution in [3.8, 4) is 0 Å². The van der Waals surface area contributed by atoms with Crippen LogP contribution in [-0.2, 0) is 71.1 Å². The summed E-state index contributed by atoms with van der Waals surface area (Å²) in [5.41, 5.74) is 0. The third-order valence-electron chi connectivity index (χ3n) is 18.0. The van der Waals surface area contributed by atoms with Gasteiger partial charge in [-0.2, -0.15) is 0 Å². The molecule has 36 heteroatoms. The molecule has 21 N–H and O–H groups in total. The average molecular weight is 1320 g/mol. The third-order valence-corrected chi connectivity index (χ3v) is 18.0. The molecule has 7 aliphatic heterocycles. The largest absolute Gasteiger partial charge is 0.394 e. The molecule has 7 rings (SSSR count). The van der Waals surface area contributed by atoms with Crippen LogP contribution in [0.3, 0.4) is 0 Å². The Morgan fingerprint density at radius 3 is 1.11 bits per heavy atom. The summed E-state index contributed by atoms with van der Waals surface area (Å²) < 4.78 is 89.2. The third kappa shape index (κ3) is 16.7. The molecule has 0 amide bonds. The van der Waals surface area contributed by atoms with Crippen LogP contribution < -0.4 is 0 Å². The molecular formula is C54H96O36. The van der Waals surface area contributed by atoms with Gasteiger partial charge in [-0.3, -0.25) is 0 Å². The van der Waals surface area contributed by atoms with E-state index in [1.54, 1.807) is 13.8 Å². The molecule has 7 fully saturated rings. The second-order valence-corrected chi connectivity index (χ2v) is 24.3. The fourth-order valence-electron chi connectivity index (χ4n) is 11.8. The highest BCUT2D eigenvalue weighted by atomic mass is 16.8. The number of aliphatic hydroxyl groups excluding tert-OH is 21. The van der Waals surface area contributed by atoms with Gasteiger partial charge < -0.3 is 178 Å². The van der Waals surface area contributed by atoms with Crippen molar-refractivity contribution in [1.82, 2.24) is 0 Å².